The number of rotatable bonds is 7. The molecule has 10 heteroatoms. The Hall–Kier alpha value is -2.94. The molecule has 0 radical (unpaired) electrons. The summed E-state index contributed by atoms with van der Waals surface area (Å²) in [4.78, 5) is 11.1. The molecular weight excluding hydrogens is 453 g/mol. The molecule has 0 spiro atoms. The van der Waals surface area contributed by atoms with Crippen LogP contribution in [0.3, 0.4) is 0 Å². The number of benzene rings is 3. The number of hydrogen-bond acceptors (Lipinski definition) is 5. The molecule has 3 aromatic carbocycles. The summed E-state index contributed by atoms with van der Waals surface area (Å²) in [5.41, 5.74) is 0.00112. The lowest BCUT2D eigenvalue weighted by Crippen LogP contribution is -2.14. The van der Waals surface area contributed by atoms with Gasteiger partial charge in [0, 0.05) is 10.7 Å². The van der Waals surface area contributed by atoms with Crippen LogP contribution in [0.2, 0.25) is 10.0 Å². The zero-order valence-corrected chi connectivity index (χ0v) is 17.8. The van der Waals surface area contributed by atoms with E-state index in [4.69, 9.17) is 32.7 Å². The Morgan fingerprint density at radius 1 is 0.967 bits per heavy atom. The van der Waals surface area contributed by atoms with Crippen LogP contribution in [0.5, 0.6) is 17.2 Å². The van der Waals surface area contributed by atoms with Crippen molar-refractivity contribution in [3.63, 3.8) is 0 Å². The van der Waals surface area contributed by atoms with Crippen molar-refractivity contribution < 1.29 is 27.8 Å². The zero-order valence-electron chi connectivity index (χ0n) is 15.4. The van der Waals surface area contributed by atoms with E-state index in [0.29, 0.717) is 21.5 Å². The second-order valence-corrected chi connectivity index (χ2v) is 8.50. The Balaban J connectivity index is 1.79. The van der Waals surface area contributed by atoms with Crippen molar-refractivity contribution in [3.05, 3.63) is 76.3 Å². The van der Waals surface area contributed by atoms with Crippen molar-refractivity contribution in [3.8, 4) is 17.2 Å². The van der Waals surface area contributed by atoms with Crippen LogP contribution >= 0.6 is 23.2 Å². The average molecular weight is 468 g/mol. The fourth-order valence-electron chi connectivity index (χ4n) is 2.51. The molecule has 0 unspecified atom stereocenters. The van der Waals surface area contributed by atoms with Crippen molar-refractivity contribution in [2.45, 2.75) is 4.90 Å². The monoisotopic (exact) mass is 467 g/mol. The van der Waals surface area contributed by atoms with E-state index >= 15 is 0 Å². The van der Waals surface area contributed by atoms with Gasteiger partial charge in [-0.3, -0.25) is 4.72 Å². The summed E-state index contributed by atoms with van der Waals surface area (Å²) in [5.74, 6) is -0.413. The van der Waals surface area contributed by atoms with Gasteiger partial charge < -0.3 is 14.6 Å². The van der Waals surface area contributed by atoms with E-state index < -0.39 is 16.0 Å². The molecule has 0 aliphatic heterocycles. The molecule has 0 atom stereocenters. The third kappa shape index (κ3) is 4.96. The van der Waals surface area contributed by atoms with Crippen molar-refractivity contribution in [1.82, 2.24) is 0 Å². The van der Waals surface area contributed by atoms with E-state index in [0.717, 1.165) is 6.07 Å². The quantitative estimate of drug-likeness (QED) is 0.489. The highest BCUT2D eigenvalue weighted by Gasteiger charge is 2.19. The minimum absolute atomic E-state index is 0.0591. The number of aromatic carboxylic acids is 1. The molecule has 0 aliphatic rings. The third-order valence-corrected chi connectivity index (χ3v) is 5.85. The van der Waals surface area contributed by atoms with E-state index in [1.54, 1.807) is 30.3 Å². The van der Waals surface area contributed by atoms with Gasteiger partial charge in [0.1, 0.15) is 22.8 Å². The van der Waals surface area contributed by atoms with E-state index in [9.17, 15) is 18.3 Å². The average Bonchev–Trinajstić information content (AvgIpc) is 2.70. The van der Waals surface area contributed by atoms with Gasteiger partial charge in [-0.25, -0.2) is 13.2 Å². The Labute approximate surface area is 182 Å². The van der Waals surface area contributed by atoms with Crippen molar-refractivity contribution in [1.29, 1.82) is 0 Å². The molecule has 0 saturated carbocycles. The summed E-state index contributed by atoms with van der Waals surface area (Å²) in [6.45, 7) is 0. The molecule has 0 fully saturated rings. The Kier molecular flexibility index (Phi) is 6.40. The van der Waals surface area contributed by atoms with E-state index in [2.05, 4.69) is 4.72 Å². The lowest BCUT2D eigenvalue weighted by Gasteiger charge is -2.12. The number of nitrogens with one attached hydrogen (secondary N) is 1. The molecule has 0 aromatic heterocycles. The minimum Gasteiger partial charge on any atom is -0.496 e. The largest absolute Gasteiger partial charge is 0.496 e. The number of carboxylic acid groups (broad SMARTS) is 1. The lowest BCUT2D eigenvalue weighted by atomic mass is 10.2. The van der Waals surface area contributed by atoms with Gasteiger partial charge in [-0.1, -0.05) is 23.2 Å². The third-order valence-electron chi connectivity index (χ3n) is 3.94. The summed E-state index contributed by atoms with van der Waals surface area (Å²) in [5, 5.41) is 10.0. The maximum atomic E-state index is 12.6. The Bertz CT molecular complexity index is 1200. The smallest absolute Gasteiger partial charge is 0.339 e. The van der Waals surface area contributed by atoms with Crippen LogP contribution in [-0.2, 0) is 10.0 Å². The van der Waals surface area contributed by atoms with Gasteiger partial charge >= 0.3 is 5.97 Å². The number of anilines is 1. The second-order valence-electron chi connectivity index (χ2n) is 5.97. The van der Waals surface area contributed by atoms with Crippen LogP contribution in [0, 0.1) is 0 Å². The van der Waals surface area contributed by atoms with Crippen LogP contribution in [0.1, 0.15) is 10.4 Å². The topological polar surface area (TPSA) is 102 Å². The maximum absolute atomic E-state index is 12.6. The highest BCUT2D eigenvalue weighted by molar-refractivity contribution is 7.92. The minimum atomic E-state index is -4.02. The van der Waals surface area contributed by atoms with Crippen LogP contribution < -0.4 is 14.2 Å². The van der Waals surface area contributed by atoms with Gasteiger partial charge in [-0.2, -0.15) is 0 Å². The van der Waals surface area contributed by atoms with Gasteiger partial charge in [0.2, 0.25) is 0 Å². The molecule has 0 aliphatic carbocycles. The molecule has 3 rings (SSSR count). The number of carboxylic acids is 1. The zero-order chi connectivity index (χ0) is 21.9. The molecule has 0 heterocycles. The van der Waals surface area contributed by atoms with Crippen LogP contribution in [0.15, 0.2) is 65.6 Å². The van der Waals surface area contributed by atoms with Gasteiger partial charge in [0.25, 0.3) is 10.0 Å². The van der Waals surface area contributed by atoms with Crippen LogP contribution in [0.4, 0.5) is 5.69 Å². The second kappa shape index (κ2) is 8.83. The number of halogens is 2. The number of carbonyl (C=O) groups is 1. The Morgan fingerprint density at radius 2 is 1.63 bits per heavy atom. The first kappa shape index (κ1) is 21.8. The number of ether oxygens (including phenoxy) is 2. The van der Waals surface area contributed by atoms with Crippen molar-refractivity contribution in [2.24, 2.45) is 0 Å². The molecule has 0 amide bonds. The lowest BCUT2D eigenvalue weighted by molar-refractivity contribution is 0.0693. The van der Waals surface area contributed by atoms with Crippen molar-refractivity contribution >= 4 is 44.9 Å². The molecule has 0 saturated heterocycles. The molecule has 156 valence electrons. The first-order valence-electron chi connectivity index (χ1n) is 8.37. The fourth-order valence-corrected chi connectivity index (χ4v) is 4.04. The number of methoxy groups -OCH3 is 1. The van der Waals surface area contributed by atoms with Gasteiger partial charge in [0.15, 0.2) is 0 Å². The van der Waals surface area contributed by atoms with E-state index in [1.165, 1.54) is 31.4 Å². The van der Waals surface area contributed by atoms with Gasteiger partial charge in [-0.05, 0) is 60.7 Å². The number of hydrogen-bond donors (Lipinski definition) is 2. The SMILES string of the molecule is COc1ccc(S(=O)(=O)Nc2ccc(Oc3ccc(Cl)cc3Cl)cc2)cc1C(=O)O. The Morgan fingerprint density at radius 3 is 2.23 bits per heavy atom. The molecular formula is C20H15Cl2NO6S. The highest BCUT2D eigenvalue weighted by atomic mass is 35.5. The summed E-state index contributed by atoms with van der Waals surface area (Å²) in [6.07, 6.45) is 0. The van der Waals surface area contributed by atoms with Crippen LogP contribution in [0.25, 0.3) is 0 Å². The molecule has 0 bridgehead atoms. The summed E-state index contributed by atoms with van der Waals surface area (Å²) >= 11 is 11.9. The fraction of sp³-hybridized carbons (Fsp3) is 0.0500. The highest BCUT2D eigenvalue weighted by Crippen LogP contribution is 2.32. The van der Waals surface area contributed by atoms with Gasteiger partial charge in [0.05, 0.1) is 17.0 Å². The van der Waals surface area contributed by atoms with Crippen LogP contribution in [-0.4, -0.2) is 26.6 Å². The molecule has 3 aromatic rings. The molecule has 30 heavy (non-hydrogen) atoms. The van der Waals surface area contributed by atoms with E-state index in [-0.39, 0.29) is 21.9 Å². The predicted molar refractivity (Wildman–Crippen MR) is 114 cm³/mol. The van der Waals surface area contributed by atoms with Crippen molar-refractivity contribution in [2.75, 3.05) is 11.8 Å². The summed E-state index contributed by atoms with van der Waals surface area (Å²) < 4.78 is 38.2. The standard InChI is InChI=1S/C20H15Cl2NO6S/c1-28-18-9-7-15(11-16(18)20(24)25)30(26,27)23-13-3-5-14(6-4-13)29-19-8-2-12(21)10-17(19)22/h2-11,23H,1H3,(H,24,25). The normalized spacial score (nSPS) is 11.0. The predicted octanol–water partition coefficient (Wildman–Crippen LogP) is 5.29. The maximum Gasteiger partial charge on any atom is 0.339 e. The van der Waals surface area contributed by atoms with Gasteiger partial charge in [-0.15, -0.1) is 0 Å². The first-order chi connectivity index (χ1) is 14.2. The van der Waals surface area contributed by atoms with E-state index in [1.807, 2.05) is 0 Å². The number of sulfonamides is 1. The summed E-state index contributed by atoms with van der Waals surface area (Å²) in [6, 6.07) is 14.5. The molecule has 2 N–H and O–H groups in total. The molecule has 7 nitrogen and oxygen atoms in total. The first-order valence-corrected chi connectivity index (χ1v) is 10.6. The summed E-state index contributed by atoms with van der Waals surface area (Å²) in [7, 11) is -2.72.